The van der Waals surface area contributed by atoms with Gasteiger partial charge in [0.05, 0.1) is 0 Å². The Bertz CT molecular complexity index is 478. The Hall–Kier alpha value is -1.71. The molecule has 2 N–H and O–H groups in total. The first-order valence-electron chi connectivity index (χ1n) is 5.20. The third-order valence-corrected chi connectivity index (χ3v) is 3.29. The van der Waals surface area contributed by atoms with E-state index in [1.54, 1.807) is 13.8 Å². The van der Waals surface area contributed by atoms with Crippen LogP contribution in [0, 0.1) is 6.92 Å². The van der Waals surface area contributed by atoms with E-state index in [1.165, 1.54) is 6.07 Å². The summed E-state index contributed by atoms with van der Waals surface area (Å²) in [6.45, 7) is 5.21. The van der Waals surface area contributed by atoms with E-state index < -0.39 is 11.6 Å². The fourth-order valence-corrected chi connectivity index (χ4v) is 1.95. The first-order chi connectivity index (χ1) is 7.40. The number of carbonyl (C=O) groups excluding carboxylic acids is 1. The average molecular weight is 222 g/mol. The van der Waals surface area contributed by atoms with E-state index in [0.717, 1.165) is 0 Å². The van der Waals surface area contributed by atoms with Crippen molar-refractivity contribution in [3.63, 3.8) is 0 Å². The topological polar surface area (TPSA) is 66.8 Å². The maximum absolute atomic E-state index is 11.7. The number of phenolic OH excluding ortho intramolecular Hbond substituents is 2. The summed E-state index contributed by atoms with van der Waals surface area (Å²) >= 11 is 0. The van der Waals surface area contributed by atoms with E-state index in [2.05, 4.69) is 0 Å². The second kappa shape index (κ2) is 3.14. The van der Waals surface area contributed by atoms with E-state index in [9.17, 15) is 15.0 Å². The summed E-state index contributed by atoms with van der Waals surface area (Å²) in [4.78, 5) is 11.7. The number of fused-ring (bicyclic) bond motifs is 1. The van der Waals surface area contributed by atoms with E-state index in [-0.39, 0.29) is 17.1 Å². The summed E-state index contributed by atoms with van der Waals surface area (Å²) in [5.41, 5.74) is 0.283. The van der Waals surface area contributed by atoms with Crippen molar-refractivity contribution >= 4 is 5.97 Å². The van der Waals surface area contributed by atoms with Gasteiger partial charge in [0, 0.05) is 11.1 Å². The molecule has 0 amide bonds. The van der Waals surface area contributed by atoms with Crippen LogP contribution in [0.2, 0.25) is 0 Å². The molecule has 1 heterocycles. The van der Waals surface area contributed by atoms with Crippen molar-refractivity contribution in [3.05, 3.63) is 22.8 Å². The molecule has 4 nitrogen and oxygen atoms in total. The van der Waals surface area contributed by atoms with Gasteiger partial charge in [0.25, 0.3) is 0 Å². The van der Waals surface area contributed by atoms with E-state index >= 15 is 0 Å². The number of hydrogen-bond acceptors (Lipinski definition) is 4. The zero-order valence-corrected chi connectivity index (χ0v) is 9.50. The molecule has 86 valence electrons. The summed E-state index contributed by atoms with van der Waals surface area (Å²) < 4.78 is 5.25. The fraction of sp³-hybridized carbons (Fsp3) is 0.417. The molecule has 4 heteroatoms. The molecular formula is C12H14O4. The molecule has 0 saturated carbocycles. The lowest BCUT2D eigenvalue weighted by Gasteiger charge is -2.22. The summed E-state index contributed by atoms with van der Waals surface area (Å²) in [5.74, 6) is -0.730. The summed E-state index contributed by atoms with van der Waals surface area (Å²) in [7, 11) is 0. The molecule has 1 aromatic carbocycles. The third kappa shape index (κ3) is 1.19. The quantitative estimate of drug-likeness (QED) is 0.715. The summed E-state index contributed by atoms with van der Waals surface area (Å²) in [5, 5.41) is 19.5. The lowest BCUT2D eigenvalue weighted by atomic mass is 9.90. The van der Waals surface area contributed by atoms with Gasteiger partial charge in [0.15, 0.2) is 0 Å². The van der Waals surface area contributed by atoms with Gasteiger partial charge in [-0.3, -0.25) is 0 Å². The van der Waals surface area contributed by atoms with Gasteiger partial charge in [-0.1, -0.05) is 6.92 Å². The number of cyclic esters (lactones) is 1. The molecule has 2 rings (SSSR count). The van der Waals surface area contributed by atoms with Crippen LogP contribution in [-0.2, 0) is 10.3 Å². The van der Waals surface area contributed by atoms with Crippen LogP contribution in [0.3, 0.4) is 0 Å². The Balaban J connectivity index is 2.77. The smallest absolute Gasteiger partial charge is 0.343 e. The van der Waals surface area contributed by atoms with Gasteiger partial charge in [0.1, 0.15) is 22.7 Å². The van der Waals surface area contributed by atoms with Crippen LogP contribution < -0.4 is 0 Å². The highest BCUT2D eigenvalue weighted by molar-refractivity contribution is 5.98. The number of ether oxygens (including phenoxy) is 1. The highest BCUT2D eigenvalue weighted by atomic mass is 16.6. The molecule has 1 aliphatic rings. The number of benzene rings is 1. The normalized spacial score (nSPS) is 23.1. The van der Waals surface area contributed by atoms with E-state index in [1.807, 2.05) is 6.92 Å². The molecular weight excluding hydrogens is 208 g/mol. The molecule has 1 atom stereocenters. The lowest BCUT2D eigenvalue weighted by molar-refractivity contribution is -0.000881. The minimum absolute atomic E-state index is 0.0192. The van der Waals surface area contributed by atoms with Gasteiger partial charge in [-0.2, -0.15) is 0 Å². The molecule has 1 aromatic rings. The number of rotatable bonds is 1. The third-order valence-electron chi connectivity index (χ3n) is 3.29. The summed E-state index contributed by atoms with van der Waals surface area (Å²) in [6, 6.07) is 1.50. The minimum atomic E-state index is -0.755. The number of esters is 1. The van der Waals surface area contributed by atoms with Gasteiger partial charge in [-0.05, 0) is 26.3 Å². The standard InChI is InChI=1S/C12H14O4/c1-4-12(3)7-5-8(13)6(2)10(14)9(7)11(15)16-12/h5,13-14H,4H2,1-3H3/t12-/m1/s1. The number of phenols is 2. The zero-order valence-electron chi connectivity index (χ0n) is 9.50. The first kappa shape index (κ1) is 10.8. The molecule has 0 aromatic heterocycles. The molecule has 0 unspecified atom stereocenters. The van der Waals surface area contributed by atoms with Crippen molar-refractivity contribution in [3.8, 4) is 11.5 Å². The molecule has 0 aliphatic carbocycles. The van der Waals surface area contributed by atoms with E-state index in [0.29, 0.717) is 17.5 Å². The molecule has 0 radical (unpaired) electrons. The average Bonchev–Trinajstić information content (AvgIpc) is 2.48. The van der Waals surface area contributed by atoms with Gasteiger partial charge >= 0.3 is 5.97 Å². The van der Waals surface area contributed by atoms with Crippen molar-refractivity contribution < 1.29 is 19.7 Å². The SMILES string of the molecule is CC[C@@]1(C)OC(=O)c2c1cc(O)c(C)c2O. The zero-order chi connectivity index (χ0) is 12.1. The van der Waals surface area contributed by atoms with Crippen LogP contribution >= 0.6 is 0 Å². The van der Waals surface area contributed by atoms with Gasteiger partial charge in [0.2, 0.25) is 0 Å². The van der Waals surface area contributed by atoms with Crippen LogP contribution in [0.1, 0.15) is 41.8 Å². The molecule has 0 bridgehead atoms. The molecule has 0 fully saturated rings. The van der Waals surface area contributed by atoms with Gasteiger partial charge in [-0.25, -0.2) is 4.79 Å². The molecule has 1 aliphatic heterocycles. The van der Waals surface area contributed by atoms with Gasteiger partial charge in [-0.15, -0.1) is 0 Å². The molecule has 0 spiro atoms. The largest absolute Gasteiger partial charge is 0.508 e. The predicted molar refractivity (Wildman–Crippen MR) is 57.6 cm³/mol. The van der Waals surface area contributed by atoms with Crippen molar-refractivity contribution in [2.24, 2.45) is 0 Å². The van der Waals surface area contributed by atoms with Crippen molar-refractivity contribution in [2.75, 3.05) is 0 Å². The van der Waals surface area contributed by atoms with Crippen LogP contribution in [0.15, 0.2) is 6.07 Å². The Morgan fingerprint density at radius 2 is 2.06 bits per heavy atom. The van der Waals surface area contributed by atoms with Crippen molar-refractivity contribution in [2.45, 2.75) is 32.8 Å². The first-order valence-corrected chi connectivity index (χ1v) is 5.20. The number of aromatic hydroxyl groups is 2. The maximum atomic E-state index is 11.7. The Kier molecular flexibility index (Phi) is 2.12. The lowest BCUT2D eigenvalue weighted by Crippen LogP contribution is -2.20. The van der Waals surface area contributed by atoms with Crippen molar-refractivity contribution in [1.82, 2.24) is 0 Å². The fourth-order valence-electron chi connectivity index (χ4n) is 1.95. The Morgan fingerprint density at radius 1 is 1.44 bits per heavy atom. The highest BCUT2D eigenvalue weighted by Gasteiger charge is 2.43. The number of carbonyl (C=O) groups is 1. The monoisotopic (exact) mass is 222 g/mol. The van der Waals surface area contributed by atoms with Crippen molar-refractivity contribution in [1.29, 1.82) is 0 Å². The second-order valence-corrected chi connectivity index (χ2v) is 4.27. The summed E-state index contributed by atoms with van der Waals surface area (Å²) in [6.07, 6.45) is 0.591. The van der Waals surface area contributed by atoms with Crippen LogP contribution in [0.25, 0.3) is 0 Å². The predicted octanol–water partition coefficient (Wildman–Crippen LogP) is 2.20. The van der Waals surface area contributed by atoms with Crippen LogP contribution in [0.5, 0.6) is 11.5 Å². The molecule has 16 heavy (non-hydrogen) atoms. The Labute approximate surface area is 93.5 Å². The highest BCUT2D eigenvalue weighted by Crippen LogP contribution is 2.45. The van der Waals surface area contributed by atoms with Gasteiger partial charge < -0.3 is 14.9 Å². The maximum Gasteiger partial charge on any atom is 0.343 e. The number of hydrogen-bond donors (Lipinski definition) is 2. The Morgan fingerprint density at radius 3 is 2.62 bits per heavy atom. The second-order valence-electron chi connectivity index (χ2n) is 4.27. The van der Waals surface area contributed by atoms with Crippen LogP contribution in [-0.4, -0.2) is 16.2 Å². The minimum Gasteiger partial charge on any atom is -0.508 e. The van der Waals surface area contributed by atoms with E-state index in [4.69, 9.17) is 4.74 Å². The molecule has 0 saturated heterocycles. The van der Waals surface area contributed by atoms with Crippen LogP contribution in [0.4, 0.5) is 0 Å².